The Bertz CT molecular complexity index is 1770. The second-order valence-corrected chi connectivity index (χ2v) is 14.5. The van der Waals surface area contributed by atoms with Crippen LogP contribution in [0.3, 0.4) is 0 Å². The van der Waals surface area contributed by atoms with Gasteiger partial charge in [-0.3, -0.25) is 34.2 Å². The summed E-state index contributed by atoms with van der Waals surface area (Å²) in [4.78, 5) is 54.4. The van der Waals surface area contributed by atoms with Gasteiger partial charge in [0.15, 0.2) is 17.9 Å². The summed E-state index contributed by atoms with van der Waals surface area (Å²) in [6, 6.07) is 7.06. The van der Waals surface area contributed by atoms with Crippen molar-refractivity contribution in [3.8, 4) is 0 Å². The number of hydrogen-bond donors (Lipinski definition) is 3. The van der Waals surface area contributed by atoms with Crippen LogP contribution in [0.2, 0.25) is 5.02 Å². The van der Waals surface area contributed by atoms with Gasteiger partial charge in [-0.1, -0.05) is 35.4 Å². The molecule has 3 N–H and O–H groups in total. The molecule has 0 spiro atoms. The third-order valence-electron chi connectivity index (χ3n) is 9.15. The van der Waals surface area contributed by atoms with Gasteiger partial charge >= 0.3 is 0 Å². The van der Waals surface area contributed by atoms with Crippen LogP contribution < -0.4 is 16.2 Å². The van der Waals surface area contributed by atoms with Crippen molar-refractivity contribution >= 4 is 53.3 Å². The maximum Gasteiger partial charge on any atom is 0.236 e. The molecule has 1 amide bonds. The van der Waals surface area contributed by atoms with Gasteiger partial charge in [0.05, 0.1) is 69.6 Å². The van der Waals surface area contributed by atoms with Crippen LogP contribution in [0, 0.1) is 12.8 Å². The van der Waals surface area contributed by atoms with E-state index in [0.29, 0.717) is 86.4 Å². The van der Waals surface area contributed by atoms with E-state index in [1.54, 1.807) is 11.8 Å². The van der Waals surface area contributed by atoms with Crippen LogP contribution in [0.25, 0.3) is 0 Å². The smallest absolute Gasteiger partial charge is 0.236 e. The zero-order valence-electron chi connectivity index (χ0n) is 30.2. The average Bonchev–Trinajstić information content (AvgIpc) is 3.63. The van der Waals surface area contributed by atoms with Crippen molar-refractivity contribution in [3.63, 3.8) is 0 Å². The Morgan fingerprint density at radius 1 is 0.981 bits per heavy atom. The van der Waals surface area contributed by atoms with E-state index in [2.05, 4.69) is 44.8 Å². The molecule has 1 aliphatic carbocycles. The molecule has 5 rings (SSSR count). The van der Waals surface area contributed by atoms with Crippen LogP contribution >= 0.6 is 23.4 Å². The first-order valence-corrected chi connectivity index (χ1v) is 18.9. The first kappa shape index (κ1) is 40.2. The number of thioether (sulfide) groups is 1. The zero-order chi connectivity index (χ0) is 37.7. The van der Waals surface area contributed by atoms with Gasteiger partial charge < -0.3 is 19.5 Å². The molecule has 284 valence electrons. The van der Waals surface area contributed by atoms with E-state index in [1.807, 2.05) is 37.3 Å². The molecule has 53 heavy (non-hydrogen) atoms. The summed E-state index contributed by atoms with van der Waals surface area (Å²) >= 11 is 7.97. The highest BCUT2D eigenvalue weighted by molar-refractivity contribution is 8.03. The minimum absolute atomic E-state index is 0.0173. The molecule has 14 nitrogen and oxygen atoms in total. The lowest BCUT2D eigenvalue weighted by Gasteiger charge is -2.23. The Kier molecular flexibility index (Phi) is 15.1. The topological polar surface area (TPSA) is 175 Å². The molecule has 1 aromatic heterocycles. The van der Waals surface area contributed by atoms with Crippen molar-refractivity contribution in [3.05, 3.63) is 79.9 Å². The largest absolute Gasteiger partial charge is 0.382 e. The van der Waals surface area contributed by atoms with E-state index in [4.69, 9.17) is 30.8 Å². The molecule has 2 aliphatic heterocycles. The molecule has 0 saturated carbocycles. The lowest BCUT2D eigenvalue weighted by Crippen LogP contribution is -2.41. The number of carbonyl (C=O) groups is 4. The lowest BCUT2D eigenvalue weighted by molar-refractivity contribution is -0.124. The number of nitrogens with one attached hydrogen (secondary N) is 3. The number of amides is 1. The Morgan fingerprint density at radius 2 is 1.70 bits per heavy atom. The molecule has 3 aliphatic rings. The van der Waals surface area contributed by atoms with Crippen molar-refractivity contribution in [2.24, 2.45) is 10.9 Å². The highest BCUT2D eigenvalue weighted by Crippen LogP contribution is 2.52. The number of aldehydes is 2. The van der Waals surface area contributed by atoms with E-state index in [9.17, 15) is 19.2 Å². The van der Waals surface area contributed by atoms with Crippen molar-refractivity contribution in [2.45, 2.75) is 57.9 Å². The van der Waals surface area contributed by atoms with E-state index >= 15 is 0 Å². The van der Waals surface area contributed by atoms with Crippen molar-refractivity contribution < 1.29 is 33.4 Å². The van der Waals surface area contributed by atoms with Gasteiger partial charge in [-0.25, -0.2) is 5.43 Å². The minimum Gasteiger partial charge on any atom is -0.382 e. The number of benzene rings is 1. The molecule has 16 heteroatoms. The predicted molar refractivity (Wildman–Crippen MR) is 201 cm³/mol. The Morgan fingerprint density at radius 3 is 2.42 bits per heavy atom. The first-order valence-electron chi connectivity index (χ1n) is 17.6. The fraction of sp³-hybridized carbons (Fsp3) is 0.486. The molecule has 0 saturated heterocycles. The maximum atomic E-state index is 13.2. The number of aliphatic imine (C=N–C) groups is 1. The predicted octanol–water partition coefficient (Wildman–Crippen LogP) is 3.92. The van der Waals surface area contributed by atoms with Crippen LogP contribution in [0.1, 0.15) is 68.2 Å². The van der Waals surface area contributed by atoms with Crippen LogP contribution in [0.4, 0.5) is 0 Å². The first-order chi connectivity index (χ1) is 25.7. The SMILES string of the molecule is CC1=C(C)C2C(c3ccc(Cl)cc3)=N[C@@H](CC(=O)CNNC(=O)CCOCCOCCOCCNC3=CCCC(C=O)=C3C=O)c3nnc(C)n3C2S1. The number of Topliss-reactive ketones (excluding diaryl/α,β-unsaturated/α-hetero) is 1. The van der Waals surface area contributed by atoms with Crippen molar-refractivity contribution in [2.75, 3.05) is 52.7 Å². The van der Waals surface area contributed by atoms with Gasteiger partial charge in [0.2, 0.25) is 5.91 Å². The number of hydrogen-bond acceptors (Lipinski definition) is 13. The van der Waals surface area contributed by atoms with Gasteiger partial charge in [-0.15, -0.1) is 22.0 Å². The molecular formula is C37H46ClN7O7S. The summed E-state index contributed by atoms with van der Waals surface area (Å²) in [5.41, 5.74) is 9.95. The number of halogens is 1. The average molecular weight is 768 g/mol. The number of hydrazine groups is 1. The molecule has 0 bridgehead atoms. The second kappa shape index (κ2) is 19.9. The monoisotopic (exact) mass is 767 g/mol. The zero-order valence-corrected chi connectivity index (χ0v) is 31.8. The number of aryl methyl sites for hydroxylation is 1. The third kappa shape index (κ3) is 10.6. The fourth-order valence-electron chi connectivity index (χ4n) is 6.34. The number of aromatic nitrogens is 3. The maximum absolute atomic E-state index is 13.2. The number of carbonyl (C=O) groups excluding carboxylic acids is 4. The molecular weight excluding hydrogens is 722 g/mol. The Hall–Kier alpha value is -3.99. The summed E-state index contributed by atoms with van der Waals surface area (Å²) in [5, 5.41) is 12.6. The highest BCUT2D eigenvalue weighted by Gasteiger charge is 2.43. The Balaban J connectivity index is 0.973. The van der Waals surface area contributed by atoms with Crippen molar-refractivity contribution in [1.29, 1.82) is 0 Å². The summed E-state index contributed by atoms with van der Waals surface area (Å²) in [6.07, 6.45) is 4.82. The van der Waals surface area contributed by atoms with Gasteiger partial charge in [0.1, 0.15) is 18.2 Å². The normalized spacial score (nSPS) is 19.6. The number of allylic oxidation sites excluding steroid dienone is 5. The molecule has 3 atom stereocenters. The molecule has 2 aromatic rings. The number of rotatable bonds is 21. The van der Waals surface area contributed by atoms with Crippen LogP contribution in [0.5, 0.6) is 0 Å². The van der Waals surface area contributed by atoms with Crippen LogP contribution in [0.15, 0.2) is 62.7 Å². The number of ether oxygens (including phenoxy) is 3. The molecule has 1 aromatic carbocycles. The molecule has 0 fully saturated rings. The quantitative estimate of drug-likeness (QED) is 0.0951. The van der Waals surface area contributed by atoms with E-state index in [0.717, 1.165) is 23.4 Å². The third-order valence-corrected chi connectivity index (χ3v) is 10.8. The van der Waals surface area contributed by atoms with E-state index in [-0.39, 0.29) is 49.0 Å². The van der Waals surface area contributed by atoms with E-state index in [1.165, 1.54) is 10.5 Å². The summed E-state index contributed by atoms with van der Waals surface area (Å²) < 4.78 is 18.6. The van der Waals surface area contributed by atoms with Crippen LogP contribution in [-0.2, 0) is 33.4 Å². The van der Waals surface area contributed by atoms with Gasteiger partial charge in [0, 0.05) is 34.8 Å². The number of ketones is 1. The summed E-state index contributed by atoms with van der Waals surface area (Å²) in [6.45, 7) is 8.60. The van der Waals surface area contributed by atoms with Gasteiger partial charge in [-0.2, -0.15) is 0 Å². The minimum atomic E-state index is -0.552. The highest BCUT2D eigenvalue weighted by atomic mass is 35.5. The number of fused-ring (bicyclic) bond motifs is 3. The summed E-state index contributed by atoms with van der Waals surface area (Å²) in [5.74, 6) is 0.944. The lowest BCUT2D eigenvalue weighted by atomic mass is 9.90. The van der Waals surface area contributed by atoms with E-state index < -0.39 is 6.04 Å². The molecule has 0 radical (unpaired) electrons. The molecule has 2 unspecified atom stereocenters. The summed E-state index contributed by atoms with van der Waals surface area (Å²) in [7, 11) is 0. The standard InChI is InChI=1S/C37H46ClN7O7S/c1-23-24(2)53-37-34(23)35(26-7-9-28(38)10-8-26)41-32(36-44-42-25(3)45(36)37)19-29(48)20-40-43-33(49)11-13-50-15-17-52-18-16-51-14-12-39-31-6-4-5-27(21-46)30(31)22-47/h6-10,21-22,32,34,37,39-40H,4-5,11-20H2,1-3H3,(H,43,49)/t32-,34?,37?/m0/s1. The van der Waals surface area contributed by atoms with Gasteiger partial charge in [-0.05, 0) is 56.2 Å². The van der Waals surface area contributed by atoms with Crippen molar-refractivity contribution in [1.82, 2.24) is 30.9 Å². The fourth-order valence-corrected chi connectivity index (χ4v) is 7.97. The Labute approximate surface area is 318 Å². The molecule has 3 heterocycles. The van der Waals surface area contributed by atoms with Crippen LogP contribution in [-0.4, -0.2) is 97.5 Å². The second-order valence-electron chi connectivity index (χ2n) is 12.7. The number of nitrogens with zero attached hydrogens (tertiary/aromatic N) is 4. The van der Waals surface area contributed by atoms with Gasteiger partial charge in [0.25, 0.3) is 0 Å².